The minimum absolute atomic E-state index is 0.192. The van der Waals surface area contributed by atoms with Crippen molar-refractivity contribution in [2.24, 2.45) is 0 Å². The van der Waals surface area contributed by atoms with Crippen molar-refractivity contribution < 1.29 is 89.4 Å². The number of ether oxygens (including phenoxy) is 6. The molecule has 19 nitrogen and oxygen atoms in total. The summed E-state index contributed by atoms with van der Waals surface area (Å²) in [6.07, 6.45) is 42.9. The maximum Gasteiger partial charge on any atom is 0.220 e. The number of aliphatic hydroxyl groups is 11. The zero-order valence-corrected chi connectivity index (χ0v) is 56.3. The number of unbranched alkanes of at least 4 members (excludes halogenated alkanes) is 26. The molecule has 3 rings (SSSR count). The molecule has 3 aliphatic heterocycles. The molecule has 0 radical (unpaired) electrons. The minimum Gasteiger partial charge on any atom is -0.394 e. The molecule has 12 N–H and O–H groups in total. The normalized spacial score (nSPS) is 28.2. The molecule has 0 aromatic rings. The number of rotatable bonds is 54. The quantitative estimate of drug-likeness (QED) is 0.0199. The maximum absolute atomic E-state index is 13.4. The number of allylic oxidation sites excluding steroid dienone is 13. The second-order valence-corrected chi connectivity index (χ2v) is 25.3. The van der Waals surface area contributed by atoms with Gasteiger partial charge in [-0.2, -0.15) is 0 Å². The van der Waals surface area contributed by atoms with Crippen LogP contribution in [0.25, 0.3) is 0 Å². The van der Waals surface area contributed by atoms with E-state index in [4.69, 9.17) is 28.4 Å². The Labute approximate surface area is 552 Å². The van der Waals surface area contributed by atoms with Gasteiger partial charge < -0.3 is 89.9 Å². The summed E-state index contributed by atoms with van der Waals surface area (Å²) in [7, 11) is 0. The van der Waals surface area contributed by atoms with Crippen LogP contribution in [0.5, 0.6) is 0 Å². The predicted molar refractivity (Wildman–Crippen MR) is 360 cm³/mol. The highest BCUT2D eigenvalue weighted by atomic mass is 16.8. The molecule has 0 aliphatic carbocycles. The molecule has 3 heterocycles. The summed E-state index contributed by atoms with van der Waals surface area (Å²) in [5, 5.41) is 121. The molecule has 0 bridgehead atoms. The van der Waals surface area contributed by atoms with E-state index in [1.807, 2.05) is 6.08 Å². The van der Waals surface area contributed by atoms with Crippen LogP contribution in [0.1, 0.15) is 239 Å². The van der Waals surface area contributed by atoms with Gasteiger partial charge in [0.25, 0.3) is 0 Å². The van der Waals surface area contributed by atoms with Crippen LogP contribution in [0.2, 0.25) is 0 Å². The molecule has 0 aromatic carbocycles. The summed E-state index contributed by atoms with van der Waals surface area (Å²) in [4.78, 5) is 13.4. The monoisotopic (exact) mass is 1310 g/mol. The number of carbonyl (C=O) groups is 1. The molecular weight excluding hydrogens is 1180 g/mol. The Hall–Kier alpha value is -3.03. The minimum atomic E-state index is -1.99. The number of hydrogen-bond donors (Lipinski definition) is 12. The van der Waals surface area contributed by atoms with E-state index in [9.17, 15) is 61.0 Å². The maximum atomic E-state index is 13.4. The van der Waals surface area contributed by atoms with Crippen molar-refractivity contribution in [3.63, 3.8) is 0 Å². The van der Waals surface area contributed by atoms with Gasteiger partial charge >= 0.3 is 0 Å². The zero-order valence-electron chi connectivity index (χ0n) is 56.3. The van der Waals surface area contributed by atoms with Crippen molar-refractivity contribution in [3.05, 3.63) is 85.1 Å². The molecule has 1 amide bonds. The lowest BCUT2D eigenvalue weighted by atomic mass is 9.96. The molecule has 92 heavy (non-hydrogen) atoms. The first-order valence-electron chi connectivity index (χ1n) is 35.8. The molecule has 17 atom stereocenters. The number of nitrogens with one attached hydrogen (secondary N) is 1. The van der Waals surface area contributed by atoms with Gasteiger partial charge in [0.2, 0.25) is 5.91 Å². The Kier molecular flexibility index (Phi) is 48.9. The van der Waals surface area contributed by atoms with Gasteiger partial charge in [0.1, 0.15) is 73.2 Å². The van der Waals surface area contributed by atoms with Crippen molar-refractivity contribution in [1.29, 1.82) is 0 Å². The SMILES string of the molecule is CC/C=C\C/C=C\C/C=C\C/C=C\C/C=C\CCCCCC(=O)NC(COC1OC(CO)C(OC2OC(CO)C(OC3OC(CO)C(O)C(O)C3O)C(O)C2O)C(O)C1O)C(O)/C=C/CC/C=C/CCCCCCCCCCCCCCCCCCCCCCCC. The first-order chi connectivity index (χ1) is 44.8. The third kappa shape index (κ3) is 35.3. The highest BCUT2D eigenvalue weighted by Gasteiger charge is 2.53. The molecule has 0 spiro atoms. The third-order valence-corrected chi connectivity index (χ3v) is 17.4. The first kappa shape index (κ1) is 83.2. The van der Waals surface area contributed by atoms with E-state index in [1.54, 1.807) is 6.08 Å². The summed E-state index contributed by atoms with van der Waals surface area (Å²) in [5.41, 5.74) is 0. The standard InChI is InChI=1S/C73H127NO18/c1-3-5-7-9-11-13-15-17-19-21-23-24-25-26-27-28-29-30-31-33-34-36-38-40-42-44-46-48-50-57(78)56(74-61(79)51-49-47-45-43-41-39-37-35-32-22-20-18-16-14-12-10-8-6-4-2)55-87-71-67(85)64(82)69(59(53-76)89-71)92-73-68(86)65(83)70(60(54-77)90-73)91-72-66(84)63(81)62(80)58(52-75)88-72/h6,8,12,14,18,20,32,35,39-42,48,50,56-60,62-73,75-78,80-86H,3-5,7,9-11,13,15-17,19,21-31,33-34,36-38,43-47,49,51-55H2,1-2H3,(H,74,79)/b8-6-,14-12-,20-18-,35-32-,41-39-,42-40+,50-48+. The average Bonchev–Trinajstić information content (AvgIpc) is 0.855. The fourth-order valence-corrected chi connectivity index (χ4v) is 11.6. The highest BCUT2D eigenvalue weighted by molar-refractivity contribution is 5.76. The van der Waals surface area contributed by atoms with Gasteiger partial charge in [0.15, 0.2) is 18.9 Å². The van der Waals surface area contributed by atoms with E-state index >= 15 is 0 Å². The van der Waals surface area contributed by atoms with Gasteiger partial charge in [-0.15, -0.1) is 0 Å². The van der Waals surface area contributed by atoms with Gasteiger partial charge in [0.05, 0.1) is 38.6 Å². The summed E-state index contributed by atoms with van der Waals surface area (Å²) in [5.74, 6) is -0.318. The molecule has 532 valence electrons. The Morgan fingerprint density at radius 3 is 1.22 bits per heavy atom. The zero-order chi connectivity index (χ0) is 66.8. The van der Waals surface area contributed by atoms with Crippen molar-refractivity contribution in [1.82, 2.24) is 5.32 Å². The number of amides is 1. The summed E-state index contributed by atoms with van der Waals surface area (Å²) in [6.45, 7) is 1.58. The molecule has 19 heteroatoms. The van der Waals surface area contributed by atoms with Crippen LogP contribution in [0.3, 0.4) is 0 Å². The lowest BCUT2D eigenvalue weighted by Crippen LogP contribution is -2.66. The number of carbonyl (C=O) groups excluding carboxylic acids is 1. The van der Waals surface area contributed by atoms with Crippen LogP contribution < -0.4 is 5.32 Å². The van der Waals surface area contributed by atoms with Crippen LogP contribution in [-0.4, -0.2) is 193 Å². The van der Waals surface area contributed by atoms with E-state index in [-0.39, 0.29) is 18.9 Å². The highest BCUT2D eigenvalue weighted by Crippen LogP contribution is 2.33. The number of hydrogen-bond acceptors (Lipinski definition) is 18. The second-order valence-electron chi connectivity index (χ2n) is 25.3. The first-order valence-corrected chi connectivity index (χ1v) is 35.8. The van der Waals surface area contributed by atoms with Crippen LogP contribution in [0.15, 0.2) is 85.1 Å². The van der Waals surface area contributed by atoms with Crippen LogP contribution in [-0.2, 0) is 33.2 Å². The number of aliphatic hydroxyl groups excluding tert-OH is 11. The molecule has 0 saturated carbocycles. The summed E-state index contributed by atoms with van der Waals surface area (Å²) >= 11 is 0. The van der Waals surface area contributed by atoms with Crippen LogP contribution in [0.4, 0.5) is 0 Å². The van der Waals surface area contributed by atoms with Gasteiger partial charge in [-0.1, -0.05) is 240 Å². The third-order valence-electron chi connectivity index (χ3n) is 17.4. The van der Waals surface area contributed by atoms with E-state index in [0.717, 1.165) is 70.6 Å². The molecular formula is C73H127NO18. The molecule has 3 saturated heterocycles. The van der Waals surface area contributed by atoms with E-state index in [0.29, 0.717) is 12.8 Å². The Morgan fingerprint density at radius 1 is 0.402 bits per heavy atom. The van der Waals surface area contributed by atoms with E-state index in [2.05, 4.69) is 92.1 Å². The second kappa shape index (κ2) is 54.0. The molecule has 17 unspecified atom stereocenters. The molecule has 0 aromatic heterocycles. The Balaban J connectivity index is 1.44. The average molecular weight is 1310 g/mol. The largest absolute Gasteiger partial charge is 0.394 e. The fourth-order valence-electron chi connectivity index (χ4n) is 11.6. The summed E-state index contributed by atoms with van der Waals surface area (Å²) in [6, 6.07) is -1.01. The topological polar surface area (TPSA) is 307 Å². The van der Waals surface area contributed by atoms with Crippen LogP contribution >= 0.6 is 0 Å². The van der Waals surface area contributed by atoms with Gasteiger partial charge in [-0.3, -0.25) is 4.79 Å². The Bertz CT molecular complexity index is 2000. The van der Waals surface area contributed by atoms with Crippen molar-refractivity contribution >= 4 is 5.91 Å². The Morgan fingerprint density at radius 2 is 0.761 bits per heavy atom. The van der Waals surface area contributed by atoms with E-state index < -0.39 is 124 Å². The van der Waals surface area contributed by atoms with Crippen molar-refractivity contribution in [3.8, 4) is 0 Å². The fraction of sp³-hybridized carbons (Fsp3) is 0.795. The van der Waals surface area contributed by atoms with E-state index in [1.165, 1.54) is 135 Å². The summed E-state index contributed by atoms with van der Waals surface area (Å²) < 4.78 is 34.3. The van der Waals surface area contributed by atoms with Crippen molar-refractivity contribution in [2.75, 3.05) is 26.4 Å². The molecule has 3 fully saturated rings. The lowest BCUT2D eigenvalue weighted by molar-refractivity contribution is -0.379. The predicted octanol–water partition coefficient (Wildman–Crippen LogP) is 9.88. The van der Waals surface area contributed by atoms with Crippen LogP contribution in [0, 0.1) is 0 Å². The van der Waals surface area contributed by atoms with Gasteiger partial charge in [-0.25, -0.2) is 0 Å². The lowest BCUT2D eigenvalue weighted by Gasteiger charge is -2.48. The van der Waals surface area contributed by atoms with Gasteiger partial charge in [-0.05, 0) is 77.0 Å². The van der Waals surface area contributed by atoms with Crippen molar-refractivity contribution in [2.45, 2.75) is 343 Å². The smallest absolute Gasteiger partial charge is 0.220 e. The van der Waals surface area contributed by atoms with Gasteiger partial charge in [0, 0.05) is 6.42 Å². The molecule has 3 aliphatic rings.